The molecule has 0 aliphatic heterocycles. The van der Waals surface area contributed by atoms with Gasteiger partial charge in [-0.25, -0.2) is 4.79 Å². The first-order chi connectivity index (χ1) is 7.75. The Bertz CT molecular complexity index is 460. The number of carboxylic acid groups (broad SMARTS) is 1. The summed E-state index contributed by atoms with van der Waals surface area (Å²) in [5, 5.41) is 8.45. The minimum Gasteiger partial charge on any atom is -0.482 e. The molecule has 4 heteroatoms. The van der Waals surface area contributed by atoms with Crippen LogP contribution in [0.4, 0.5) is 0 Å². The zero-order valence-electron chi connectivity index (χ0n) is 8.51. The molecule has 0 atom stereocenters. The molecule has 2 rings (SSSR count). The van der Waals surface area contributed by atoms with Crippen LogP contribution in [0.3, 0.4) is 0 Å². The normalized spacial score (nSPS) is 10.0. The first-order valence-electron chi connectivity index (χ1n) is 4.84. The minimum absolute atomic E-state index is 0.318. The number of aliphatic carboxylic acids is 1. The van der Waals surface area contributed by atoms with E-state index >= 15 is 0 Å². The average molecular weight is 217 g/mol. The standard InChI is InChI=1S/C12H11NO3/c14-12(15)8-16-10-5-3-9(4-6-10)11-2-1-7-13-11/h1-7,13H,8H2,(H,14,15). The fraction of sp³-hybridized carbons (Fsp3) is 0.0833. The summed E-state index contributed by atoms with van der Waals surface area (Å²) in [5.41, 5.74) is 2.05. The largest absolute Gasteiger partial charge is 0.482 e. The summed E-state index contributed by atoms with van der Waals surface area (Å²) >= 11 is 0. The molecule has 0 saturated heterocycles. The molecule has 1 aromatic heterocycles. The van der Waals surface area contributed by atoms with E-state index in [-0.39, 0.29) is 6.61 Å². The lowest BCUT2D eigenvalue weighted by molar-refractivity contribution is -0.139. The van der Waals surface area contributed by atoms with E-state index in [1.807, 2.05) is 30.5 Å². The highest BCUT2D eigenvalue weighted by Crippen LogP contribution is 2.20. The third kappa shape index (κ3) is 2.42. The monoisotopic (exact) mass is 217 g/mol. The van der Waals surface area contributed by atoms with Crippen molar-refractivity contribution in [1.29, 1.82) is 0 Å². The molecule has 0 fully saturated rings. The smallest absolute Gasteiger partial charge is 0.341 e. The van der Waals surface area contributed by atoms with E-state index in [0.29, 0.717) is 5.75 Å². The van der Waals surface area contributed by atoms with Crippen molar-refractivity contribution in [2.75, 3.05) is 6.61 Å². The number of rotatable bonds is 4. The van der Waals surface area contributed by atoms with Crippen LogP contribution in [0.2, 0.25) is 0 Å². The lowest BCUT2D eigenvalue weighted by Crippen LogP contribution is -2.09. The molecule has 16 heavy (non-hydrogen) atoms. The Morgan fingerprint density at radius 2 is 2.00 bits per heavy atom. The van der Waals surface area contributed by atoms with Crippen molar-refractivity contribution < 1.29 is 14.6 Å². The fourth-order valence-corrected chi connectivity index (χ4v) is 1.39. The van der Waals surface area contributed by atoms with Crippen molar-refractivity contribution in [3.05, 3.63) is 42.6 Å². The van der Waals surface area contributed by atoms with Crippen molar-refractivity contribution in [3.63, 3.8) is 0 Å². The second kappa shape index (κ2) is 4.53. The van der Waals surface area contributed by atoms with Gasteiger partial charge < -0.3 is 14.8 Å². The Morgan fingerprint density at radius 3 is 2.56 bits per heavy atom. The van der Waals surface area contributed by atoms with Crippen LogP contribution in [-0.2, 0) is 4.79 Å². The quantitative estimate of drug-likeness (QED) is 0.824. The van der Waals surface area contributed by atoms with Gasteiger partial charge in [0.2, 0.25) is 0 Å². The molecular weight excluding hydrogens is 206 g/mol. The van der Waals surface area contributed by atoms with Crippen LogP contribution >= 0.6 is 0 Å². The molecule has 0 spiro atoms. The van der Waals surface area contributed by atoms with E-state index in [9.17, 15) is 4.79 Å². The highest BCUT2D eigenvalue weighted by Gasteiger charge is 2.00. The molecule has 0 bridgehead atoms. The van der Waals surface area contributed by atoms with Gasteiger partial charge in [0.25, 0.3) is 0 Å². The van der Waals surface area contributed by atoms with E-state index in [1.54, 1.807) is 12.1 Å². The van der Waals surface area contributed by atoms with Gasteiger partial charge in [0.15, 0.2) is 6.61 Å². The number of carboxylic acids is 1. The van der Waals surface area contributed by atoms with Gasteiger partial charge in [0.1, 0.15) is 5.75 Å². The maximum Gasteiger partial charge on any atom is 0.341 e. The van der Waals surface area contributed by atoms with Crippen molar-refractivity contribution in [3.8, 4) is 17.0 Å². The van der Waals surface area contributed by atoms with Gasteiger partial charge >= 0.3 is 5.97 Å². The number of ether oxygens (including phenoxy) is 1. The van der Waals surface area contributed by atoms with Crippen LogP contribution in [0.25, 0.3) is 11.3 Å². The third-order valence-electron chi connectivity index (χ3n) is 2.13. The van der Waals surface area contributed by atoms with Gasteiger partial charge in [0, 0.05) is 11.9 Å². The number of aromatic nitrogens is 1. The summed E-state index contributed by atoms with van der Waals surface area (Å²) in [6, 6.07) is 11.1. The molecule has 0 radical (unpaired) electrons. The van der Waals surface area contributed by atoms with E-state index < -0.39 is 5.97 Å². The topological polar surface area (TPSA) is 62.3 Å². The molecule has 2 N–H and O–H groups in total. The van der Waals surface area contributed by atoms with Crippen LogP contribution in [0.5, 0.6) is 5.75 Å². The van der Waals surface area contributed by atoms with E-state index in [2.05, 4.69) is 4.98 Å². The van der Waals surface area contributed by atoms with Crippen LogP contribution < -0.4 is 4.74 Å². The Morgan fingerprint density at radius 1 is 1.25 bits per heavy atom. The Balaban J connectivity index is 2.08. The van der Waals surface area contributed by atoms with Crippen molar-refractivity contribution in [2.24, 2.45) is 0 Å². The van der Waals surface area contributed by atoms with Crippen molar-refractivity contribution >= 4 is 5.97 Å². The summed E-state index contributed by atoms with van der Waals surface area (Å²) in [6.45, 7) is -0.318. The summed E-state index contributed by atoms with van der Waals surface area (Å²) in [5.74, 6) is -0.425. The minimum atomic E-state index is -0.978. The summed E-state index contributed by atoms with van der Waals surface area (Å²) in [6.07, 6.45) is 1.85. The lowest BCUT2D eigenvalue weighted by atomic mass is 10.1. The van der Waals surface area contributed by atoms with Crippen LogP contribution in [-0.4, -0.2) is 22.7 Å². The number of carbonyl (C=O) groups is 1. The van der Waals surface area contributed by atoms with E-state index in [1.165, 1.54) is 0 Å². The zero-order chi connectivity index (χ0) is 11.4. The summed E-state index contributed by atoms with van der Waals surface area (Å²) in [4.78, 5) is 13.4. The summed E-state index contributed by atoms with van der Waals surface area (Å²) in [7, 11) is 0. The van der Waals surface area contributed by atoms with Crippen LogP contribution in [0, 0.1) is 0 Å². The van der Waals surface area contributed by atoms with Gasteiger partial charge in [-0.3, -0.25) is 0 Å². The predicted molar refractivity (Wildman–Crippen MR) is 59.4 cm³/mol. The maximum absolute atomic E-state index is 10.3. The van der Waals surface area contributed by atoms with Crippen molar-refractivity contribution in [1.82, 2.24) is 4.98 Å². The Kier molecular flexibility index (Phi) is 2.91. The second-order valence-corrected chi connectivity index (χ2v) is 3.29. The van der Waals surface area contributed by atoms with Crippen LogP contribution in [0.15, 0.2) is 42.6 Å². The maximum atomic E-state index is 10.3. The third-order valence-corrected chi connectivity index (χ3v) is 2.13. The zero-order valence-corrected chi connectivity index (χ0v) is 8.51. The molecule has 0 saturated carbocycles. The highest BCUT2D eigenvalue weighted by molar-refractivity contribution is 5.68. The number of aromatic amines is 1. The summed E-state index contributed by atoms with van der Waals surface area (Å²) < 4.78 is 5.03. The lowest BCUT2D eigenvalue weighted by Gasteiger charge is -2.03. The molecule has 0 amide bonds. The highest BCUT2D eigenvalue weighted by atomic mass is 16.5. The molecule has 0 aliphatic rings. The van der Waals surface area contributed by atoms with Gasteiger partial charge in [-0.2, -0.15) is 0 Å². The Hall–Kier alpha value is -2.23. The first kappa shape index (κ1) is 10.3. The fourth-order valence-electron chi connectivity index (χ4n) is 1.39. The van der Waals surface area contributed by atoms with E-state index in [4.69, 9.17) is 9.84 Å². The molecule has 0 unspecified atom stereocenters. The second-order valence-electron chi connectivity index (χ2n) is 3.29. The van der Waals surface area contributed by atoms with Crippen LogP contribution in [0.1, 0.15) is 0 Å². The number of nitrogens with one attached hydrogen (secondary N) is 1. The number of hydrogen-bond donors (Lipinski definition) is 2. The molecule has 2 aromatic rings. The molecule has 0 aliphatic carbocycles. The van der Waals surface area contributed by atoms with Gasteiger partial charge in [-0.05, 0) is 42.0 Å². The SMILES string of the molecule is O=C(O)COc1ccc(-c2ccc[nH]2)cc1. The van der Waals surface area contributed by atoms with Gasteiger partial charge in [-0.1, -0.05) is 0 Å². The molecule has 1 heterocycles. The van der Waals surface area contributed by atoms with Crippen molar-refractivity contribution in [2.45, 2.75) is 0 Å². The van der Waals surface area contributed by atoms with Gasteiger partial charge in [0.05, 0.1) is 0 Å². The predicted octanol–water partition coefficient (Wildman–Crippen LogP) is 2.15. The average Bonchev–Trinajstić information content (AvgIpc) is 2.80. The van der Waals surface area contributed by atoms with Gasteiger partial charge in [-0.15, -0.1) is 0 Å². The molecule has 82 valence electrons. The Labute approximate surface area is 92.5 Å². The number of hydrogen-bond acceptors (Lipinski definition) is 2. The molecular formula is C12H11NO3. The first-order valence-corrected chi connectivity index (χ1v) is 4.84. The number of benzene rings is 1. The van der Waals surface area contributed by atoms with E-state index in [0.717, 1.165) is 11.3 Å². The molecule has 1 aromatic carbocycles. The molecule has 4 nitrogen and oxygen atoms in total. The number of H-pyrrole nitrogens is 1.